The quantitative estimate of drug-likeness (QED) is 0.0460. The molecule has 0 saturated carbocycles. The summed E-state index contributed by atoms with van der Waals surface area (Å²) in [6.07, 6.45) is 20.2. The maximum Gasteiger partial charge on any atom is 0.336 e. The zero-order valence-electron chi connectivity index (χ0n) is 37.1. The molecule has 0 fully saturated rings. The lowest BCUT2D eigenvalue weighted by Gasteiger charge is -2.36. The smallest absolute Gasteiger partial charge is 0.336 e. The van der Waals surface area contributed by atoms with Crippen molar-refractivity contribution in [2.75, 3.05) is 26.2 Å². The minimum absolute atomic E-state index is 0.193. The summed E-state index contributed by atoms with van der Waals surface area (Å²) in [6.45, 7) is 12.7. The first-order valence-electron chi connectivity index (χ1n) is 23.2. The van der Waals surface area contributed by atoms with Gasteiger partial charge >= 0.3 is 11.9 Å². The molecule has 0 amide bonds. The summed E-state index contributed by atoms with van der Waals surface area (Å²) in [6, 6.07) is 24.8. The van der Waals surface area contributed by atoms with Crippen LogP contribution in [0.15, 0.2) is 107 Å². The van der Waals surface area contributed by atoms with Gasteiger partial charge in [-0.1, -0.05) is 95.9 Å². The first-order valence-corrected chi connectivity index (χ1v) is 23.2. The van der Waals surface area contributed by atoms with Gasteiger partial charge in [0.25, 0.3) is 0 Å². The summed E-state index contributed by atoms with van der Waals surface area (Å²) < 4.78 is 18.8. The van der Waals surface area contributed by atoms with Gasteiger partial charge in [0.15, 0.2) is 0 Å². The Labute approximate surface area is 366 Å². The van der Waals surface area contributed by atoms with Gasteiger partial charge in [0.1, 0.15) is 49.0 Å². The van der Waals surface area contributed by atoms with Crippen molar-refractivity contribution in [2.24, 2.45) is 5.92 Å². The Balaban J connectivity index is 1.50. The van der Waals surface area contributed by atoms with Crippen LogP contribution in [0, 0.1) is 5.92 Å². The van der Waals surface area contributed by atoms with Crippen molar-refractivity contribution >= 4 is 28.6 Å². The van der Waals surface area contributed by atoms with Crippen LogP contribution >= 0.6 is 0 Å². The van der Waals surface area contributed by atoms with Crippen LogP contribution < -0.4 is 14.7 Å². The fourth-order valence-corrected chi connectivity index (χ4v) is 9.38. The summed E-state index contributed by atoms with van der Waals surface area (Å²) in [7, 11) is 0. The van der Waals surface area contributed by atoms with Gasteiger partial charge < -0.3 is 19.4 Å². The standard InChI is InChI=1S/C54H62N2O6/c1-5-9-17-29-55(30-18-10-6-2)37-25-27-43-47(33-37)61-49-36-50-46(35-45(49)51(43)39-21-13-15-23-41(39)53(57)58)52(40-22-14-16-24-42(40)54(59)60)44-28-26-38(34-48(44)62-50)56(31-19-11-7-3)32-20-12-8-4/h13-16,21-28,33-36,43,51H,5-12,17-20,29-32H2,1-4H3/p+2. The van der Waals surface area contributed by atoms with E-state index in [1.807, 2.05) is 30.3 Å². The van der Waals surface area contributed by atoms with E-state index >= 15 is 0 Å². The first-order chi connectivity index (χ1) is 30.3. The lowest BCUT2D eigenvalue weighted by atomic mass is 9.74. The van der Waals surface area contributed by atoms with Crippen LogP contribution in [0.2, 0.25) is 0 Å². The van der Waals surface area contributed by atoms with Crippen LogP contribution in [0.4, 0.5) is 0 Å². The Morgan fingerprint density at radius 2 is 1.23 bits per heavy atom. The third kappa shape index (κ3) is 9.65. The van der Waals surface area contributed by atoms with Crippen molar-refractivity contribution in [3.05, 3.63) is 130 Å². The number of rotatable bonds is 20. The number of allylic oxidation sites excluding steroid dienone is 3. The molecular formula is C54H64N2O6+2. The summed E-state index contributed by atoms with van der Waals surface area (Å²) in [4.78, 5) is 25.8. The molecule has 3 aromatic rings. The Morgan fingerprint density at radius 3 is 1.85 bits per heavy atom. The number of aromatic carboxylic acids is 2. The minimum Gasteiger partial charge on any atom is -0.478 e. The van der Waals surface area contributed by atoms with E-state index in [1.54, 1.807) is 24.3 Å². The van der Waals surface area contributed by atoms with Crippen LogP contribution in [-0.2, 0) is 0 Å². The lowest BCUT2D eigenvalue weighted by Crippen LogP contribution is -2.32. The molecule has 2 heterocycles. The van der Waals surface area contributed by atoms with Gasteiger partial charge in [0.05, 0.1) is 17.2 Å². The van der Waals surface area contributed by atoms with Crippen molar-refractivity contribution in [3.8, 4) is 28.2 Å². The van der Waals surface area contributed by atoms with Gasteiger partial charge in [0.2, 0.25) is 11.1 Å². The third-order valence-electron chi connectivity index (χ3n) is 12.7. The number of unbranched alkanes of at least 4 members (excludes halogenated alkanes) is 8. The molecule has 2 N–H and O–H groups in total. The Kier molecular flexibility index (Phi) is 14.9. The SMILES string of the molecule is CCCCC[N+](CCCCC)=C1C=CC2C(=C1)Oc1cc3oc4cc(=[N+](CCCCC)CCCCC)ccc-4c(-c4ccccc4C(=O)O)c3cc1C2c1ccccc1C(=O)O. The second kappa shape index (κ2) is 20.9. The number of carbonyl (C=O) groups is 2. The fourth-order valence-electron chi connectivity index (χ4n) is 9.38. The van der Waals surface area contributed by atoms with E-state index in [-0.39, 0.29) is 17.0 Å². The molecule has 2 atom stereocenters. The Hall–Kier alpha value is -5.76. The van der Waals surface area contributed by atoms with Crippen LogP contribution in [-0.4, -0.2) is 58.6 Å². The summed E-state index contributed by atoms with van der Waals surface area (Å²) >= 11 is 0. The molecule has 2 unspecified atom stereocenters. The van der Waals surface area contributed by atoms with Crippen LogP contribution in [0.3, 0.4) is 0 Å². The highest BCUT2D eigenvalue weighted by Gasteiger charge is 2.40. The average molecular weight is 837 g/mol. The normalized spacial score (nSPS) is 15.5. The molecule has 0 aromatic heterocycles. The van der Waals surface area contributed by atoms with Gasteiger partial charge in [-0.05, 0) is 61.1 Å². The van der Waals surface area contributed by atoms with Gasteiger partial charge in [-0.25, -0.2) is 18.7 Å². The minimum atomic E-state index is -1.01. The number of ether oxygens (including phenoxy) is 1. The van der Waals surface area contributed by atoms with E-state index in [0.29, 0.717) is 28.2 Å². The second-order valence-corrected chi connectivity index (χ2v) is 17.0. The van der Waals surface area contributed by atoms with E-state index in [1.165, 1.54) is 12.8 Å². The van der Waals surface area contributed by atoms with Crippen LogP contribution in [0.5, 0.6) is 5.75 Å². The zero-order chi connectivity index (χ0) is 43.6. The monoisotopic (exact) mass is 836 g/mol. The topological polar surface area (TPSA) is 103 Å². The number of hydrogen-bond donors (Lipinski definition) is 2. The lowest BCUT2D eigenvalue weighted by molar-refractivity contribution is -0.527. The predicted molar refractivity (Wildman–Crippen MR) is 250 cm³/mol. The van der Waals surface area contributed by atoms with Crippen molar-refractivity contribution in [1.82, 2.24) is 4.58 Å². The van der Waals surface area contributed by atoms with Crippen molar-refractivity contribution in [3.63, 3.8) is 0 Å². The number of nitrogens with zero attached hydrogens (tertiary/aromatic N) is 2. The first kappa shape index (κ1) is 44.3. The third-order valence-corrected chi connectivity index (χ3v) is 12.7. The molecule has 0 saturated heterocycles. The molecule has 8 nitrogen and oxygen atoms in total. The maximum atomic E-state index is 12.9. The van der Waals surface area contributed by atoms with Gasteiger partial charge in [0, 0.05) is 83.9 Å². The number of carboxylic acid groups (broad SMARTS) is 2. The summed E-state index contributed by atoms with van der Waals surface area (Å²) in [5, 5.41) is 22.9. The molecule has 4 aliphatic rings. The highest BCUT2D eigenvalue weighted by Crippen LogP contribution is 2.51. The van der Waals surface area contributed by atoms with Crippen LogP contribution in [0.1, 0.15) is 143 Å². The van der Waals surface area contributed by atoms with Crippen molar-refractivity contribution in [1.29, 1.82) is 0 Å². The number of fused-ring (bicyclic) bond motifs is 4. The van der Waals surface area contributed by atoms with E-state index in [0.717, 1.165) is 129 Å². The molecule has 0 bridgehead atoms. The number of hydrogen-bond acceptors (Lipinski definition) is 4. The molecule has 8 heteroatoms. The average Bonchev–Trinajstić information content (AvgIpc) is 3.28. The molecule has 0 radical (unpaired) electrons. The molecule has 2 aliphatic carbocycles. The molecule has 324 valence electrons. The van der Waals surface area contributed by atoms with Gasteiger partial charge in [-0.2, -0.15) is 0 Å². The van der Waals surface area contributed by atoms with E-state index in [4.69, 9.17) is 9.15 Å². The Bertz CT molecular complexity index is 2520. The second-order valence-electron chi connectivity index (χ2n) is 17.0. The molecule has 2 aliphatic heterocycles. The van der Waals surface area contributed by atoms with Crippen molar-refractivity contribution < 1.29 is 33.5 Å². The number of benzene rings is 4. The number of carboxylic acids is 2. The van der Waals surface area contributed by atoms with E-state index < -0.39 is 17.9 Å². The zero-order valence-corrected chi connectivity index (χ0v) is 37.1. The summed E-state index contributed by atoms with van der Waals surface area (Å²) in [5.41, 5.74) is 5.77. The Morgan fingerprint density at radius 1 is 0.629 bits per heavy atom. The largest absolute Gasteiger partial charge is 0.478 e. The maximum absolute atomic E-state index is 12.9. The summed E-state index contributed by atoms with van der Waals surface area (Å²) in [5.74, 6) is -0.665. The van der Waals surface area contributed by atoms with Gasteiger partial charge in [-0.15, -0.1) is 0 Å². The van der Waals surface area contributed by atoms with Crippen LogP contribution in [0.25, 0.3) is 33.4 Å². The van der Waals surface area contributed by atoms with E-state index in [2.05, 4.69) is 79.3 Å². The molecule has 7 rings (SSSR count). The fraction of sp³-hybridized carbons (Fsp3) is 0.407. The molecule has 3 aromatic carbocycles. The molecular weight excluding hydrogens is 773 g/mol. The van der Waals surface area contributed by atoms with Crippen molar-refractivity contribution in [2.45, 2.75) is 111 Å². The van der Waals surface area contributed by atoms with Gasteiger partial charge in [-0.3, -0.25) is 0 Å². The molecule has 62 heavy (non-hydrogen) atoms. The molecule has 0 spiro atoms. The highest BCUT2D eigenvalue weighted by atomic mass is 16.5. The highest BCUT2D eigenvalue weighted by molar-refractivity contribution is 6.08. The van der Waals surface area contributed by atoms with E-state index in [9.17, 15) is 19.8 Å². The predicted octanol–water partition coefficient (Wildman–Crippen LogP) is 12.2.